The van der Waals surface area contributed by atoms with Gasteiger partial charge in [0.05, 0.1) is 19.3 Å². The van der Waals surface area contributed by atoms with Crippen LogP contribution in [-0.4, -0.2) is 86.4 Å². The molecule has 12 nitrogen and oxygen atoms in total. The number of aldehydes is 2. The van der Waals surface area contributed by atoms with E-state index in [4.69, 9.17) is 28.1 Å². The maximum Gasteiger partial charge on any atom is 0.344 e. The van der Waals surface area contributed by atoms with E-state index < -0.39 is 54.8 Å². The number of aliphatic hydroxyl groups is 2. The number of benzene rings is 1. The molecule has 2 N–H and O–H groups in total. The summed E-state index contributed by atoms with van der Waals surface area (Å²) in [4.78, 5) is 46.6. The van der Waals surface area contributed by atoms with E-state index in [1.165, 1.54) is 19.2 Å². The molecule has 1 aliphatic rings. The SMILES string of the molecule is CCC1CC(COC(C=O)OC(C=O)COC)C(OC(=O)COc2ccc3ccc(=O)oc3c2)C(O)C1O. The minimum absolute atomic E-state index is 0.0764. The number of fused-ring (bicyclic) bond motifs is 1. The number of esters is 1. The lowest BCUT2D eigenvalue weighted by Gasteiger charge is -2.42. The van der Waals surface area contributed by atoms with Crippen molar-refractivity contribution in [3.63, 3.8) is 0 Å². The summed E-state index contributed by atoms with van der Waals surface area (Å²) in [5, 5.41) is 21.9. The summed E-state index contributed by atoms with van der Waals surface area (Å²) in [6.07, 6.45) is -4.40. The van der Waals surface area contributed by atoms with E-state index in [-0.39, 0.29) is 30.5 Å². The van der Waals surface area contributed by atoms with Gasteiger partial charge in [-0.1, -0.05) is 13.3 Å². The fourth-order valence-corrected chi connectivity index (χ4v) is 4.39. The fourth-order valence-electron chi connectivity index (χ4n) is 4.39. The van der Waals surface area contributed by atoms with Crippen molar-refractivity contribution in [3.8, 4) is 5.75 Å². The highest BCUT2D eigenvalue weighted by Crippen LogP contribution is 2.34. The van der Waals surface area contributed by atoms with Gasteiger partial charge in [0.1, 0.15) is 29.6 Å². The van der Waals surface area contributed by atoms with E-state index >= 15 is 0 Å². The van der Waals surface area contributed by atoms with E-state index in [0.29, 0.717) is 30.8 Å². The molecule has 7 atom stereocenters. The van der Waals surface area contributed by atoms with Crippen LogP contribution in [0.5, 0.6) is 5.75 Å². The Morgan fingerprint density at radius 3 is 2.58 bits per heavy atom. The average molecular weight is 537 g/mol. The lowest BCUT2D eigenvalue weighted by Crippen LogP contribution is -2.54. The van der Waals surface area contributed by atoms with Gasteiger partial charge in [0.15, 0.2) is 19.2 Å². The number of rotatable bonds is 14. The van der Waals surface area contributed by atoms with Crippen LogP contribution in [0.2, 0.25) is 0 Å². The molecule has 3 rings (SSSR count). The lowest BCUT2D eigenvalue weighted by atomic mass is 9.75. The fraction of sp³-hybridized carbons (Fsp3) is 0.538. The molecule has 0 radical (unpaired) electrons. The van der Waals surface area contributed by atoms with Crippen LogP contribution in [-0.2, 0) is 33.3 Å². The summed E-state index contributed by atoms with van der Waals surface area (Å²) in [5.41, 5.74) is -0.244. The average Bonchev–Trinajstić information content (AvgIpc) is 2.92. The first kappa shape index (κ1) is 29.4. The Hall–Kier alpha value is -3.16. The molecule has 0 spiro atoms. The Bertz CT molecular complexity index is 1130. The van der Waals surface area contributed by atoms with Crippen molar-refractivity contribution in [1.29, 1.82) is 0 Å². The van der Waals surface area contributed by atoms with Gasteiger partial charge in [0, 0.05) is 30.5 Å². The molecule has 1 saturated carbocycles. The first-order valence-electron chi connectivity index (χ1n) is 12.2. The van der Waals surface area contributed by atoms with Gasteiger partial charge in [-0.05, 0) is 30.5 Å². The molecular weight excluding hydrogens is 504 g/mol. The summed E-state index contributed by atoms with van der Waals surface area (Å²) < 4.78 is 31.7. The molecule has 0 amide bonds. The predicted octanol–water partition coefficient (Wildman–Crippen LogP) is 0.624. The molecule has 12 heteroatoms. The van der Waals surface area contributed by atoms with Gasteiger partial charge in [-0.2, -0.15) is 0 Å². The Labute approximate surface area is 218 Å². The highest BCUT2D eigenvalue weighted by atomic mass is 16.7. The molecule has 0 aliphatic heterocycles. The number of ether oxygens (including phenoxy) is 5. The van der Waals surface area contributed by atoms with Crippen LogP contribution in [0.1, 0.15) is 19.8 Å². The monoisotopic (exact) mass is 536 g/mol. The molecule has 1 heterocycles. The van der Waals surface area contributed by atoms with Crippen molar-refractivity contribution in [2.75, 3.05) is 26.9 Å². The second-order valence-electron chi connectivity index (χ2n) is 8.95. The third kappa shape index (κ3) is 7.68. The van der Waals surface area contributed by atoms with Gasteiger partial charge in [-0.3, -0.25) is 4.79 Å². The van der Waals surface area contributed by atoms with E-state index in [1.807, 2.05) is 6.92 Å². The second kappa shape index (κ2) is 14.1. The Kier molecular flexibility index (Phi) is 10.9. The molecule has 7 unspecified atom stereocenters. The van der Waals surface area contributed by atoms with Crippen molar-refractivity contribution in [3.05, 3.63) is 40.8 Å². The smallest absolute Gasteiger partial charge is 0.344 e. The van der Waals surface area contributed by atoms with Crippen molar-refractivity contribution in [1.82, 2.24) is 0 Å². The third-order valence-corrected chi connectivity index (χ3v) is 6.36. The van der Waals surface area contributed by atoms with Gasteiger partial charge < -0.3 is 43.1 Å². The first-order valence-corrected chi connectivity index (χ1v) is 12.2. The van der Waals surface area contributed by atoms with Crippen LogP contribution in [0.4, 0.5) is 0 Å². The zero-order chi connectivity index (χ0) is 27.7. The zero-order valence-electron chi connectivity index (χ0n) is 21.1. The molecule has 1 fully saturated rings. The summed E-state index contributed by atoms with van der Waals surface area (Å²) in [7, 11) is 1.37. The van der Waals surface area contributed by atoms with Crippen molar-refractivity contribution >= 4 is 29.5 Å². The summed E-state index contributed by atoms with van der Waals surface area (Å²) in [5.74, 6) is -1.46. The van der Waals surface area contributed by atoms with Crippen LogP contribution in [0.15, 0.2) is 39.5 Å². The van der Waals surface area contributed by atoms with Crippen molar-refractivity contribution < 1.29 is 52.7 Å². The third-order valence-electron chi connectivity index (χ3n) is 6.36. The van der Waals surface area contributed by atoms with Gasteiger partial charge in [0.2, 0.25) is 6.29 Å². The maximum absolute atomic E-state index is 12.6. The van der Waals surface area contributed by atoms with Gasteiger partial charge in [-0.15, -0.1) is 0 Å². The van der Waals surface area contributed by atoms with Crippen LogP contribution < -0.4 is 10.4 Å². The van der Waals surface area contributed by atoms with E-state index in [1.54, 1.807) is 18.2 Å². The van der Waals surface area contributed by atoms with Gasteiger partial charge in [0.25, 0.3) is 0 Å². The first-order chi connectivity index (χ1) is 18.3. The lowest BCUT2D eigenvalue weighted by molar-refractivity contribution is -0.206. The minimum Gasteiger partial charge on any atom is -0.482 e. The molecule has 0 bridgehead atoms. The molecule has 1 aromatic carbocycles. The maximum atomic E-state index is 12.6. The van der Waals surface area contributed by atoms with E-state index in [2.05, 4.69) is 0 Å². The Morgan fingerprint density at radius 1 is 1.13 bits per heavy atom. The van der Waals surface area contributed by atoms with Crippen LogP contribution in [0.25, 0.3) is 11.0 Å². The number of hydrogen-bond donors (Lipinski definition) is 2. The quantitative estimate of drug-likeness (QED) is 0.150. The van der Waals surface area contributed by atoms with Gasteiger partial charge in [-0.25, -0.2) is 9.59 Å². The molecule has 0 saturated heterocycles. The van der Waals surface area contributed by atoms with Gasteiger partial charge >= 0.3 is 11.6 Å². The number of carbonyl (C=O) groups is 3. The number of carbonyl (C=O) groups excluding carboxylic acids is 3. The molecule has 2 aromatic rings. The highest BCUT2D eigenvalue weighted by molar-refractivity contribution is 5.78. The van der Waals surface area contributed by atoms with Crippen LogP contribution in [0, 0.1) is 11.8 Å². The molecule has 208 valence electrons. The topological polar surface area (TPSA) is 168 Å². The second-order valence-corrected chi connectivity index (χ2v) is 8.95. The Morgan fingerprint density at radius 2 is 1.89 bits per heavy atom. The highest BCUT2D eigenvalue weighted by Gasteiger charge is 2.45. The molecule has 1 aliphatic carbocycles. The van der Waals surface area contributed by atoms with Crippen molar-refractivity contribution in [2.45, 2.75) is 50.5 Å². The van der Waals surface area contributed by atoms with E-state index in [0.717, 1.165) is 0 Å². The predicted molar refractivity (Wildman–Crippen MR) is 130 cm³/mol. The molecular formula is C26H32O12. The summed E-state index contributed by atoms with van der Waals surface area (Å²) in [6, 6.07) is 7.59. The van der Waals surface area contributed by atoms with Crippen LogP contribution >= 0.6 is 0 Å². The Balaban J connectivity index is 1.64. The summed E-state index contributed by atoms with van der Waals surface area (Å²) >= 11 is 0. The standard InChI is InChI=1S/C26H32O12/c1-3-15-8-17(12-35-23(11-28)36-19(10-27)13-33-2)26(25(32)24(15)31)38-22(30)14-34-18-6-4-16-5-7-21(29)37-20(16)9-18/h4-7,9-11,15,17,19,23-26,31-32H,3,8,12-14H2,1-2H3. The van der Waals surface area contributed by atoms with Crippen molar-refractivity contribution in [2.24, 2.45) is 11.8 Å². The largest absolute Gasteiger partial charge is 0.482 e. The van der Waals surface area contributed by atoms with E-state index in [9.17, 15) is 29.4 Å². The molecule has 1 aromatic heterocycles. The normalized spacial score (nSPS) is 24.9. The number of methoxy groups -OCH3 is 1. The summed E-state index contributed by atoms with van der Waals surface area (Å²) in [6.45, 7) is 1.09. The number of aliphatic hydroxyl groups excluding tert-OH is 2. The minimum atomic E-state index is -1.41. The number of hydrogen-bond acceptors (Lipinski definition) is 12. The van der Waals surface area contributed by atoms with Crippen LogP contribution in [0.3, 0.4) is 0 Å². The molecule has 38 heavy (non-hydrogen) atoms. The zero-order valence-corrected chi connectivity index (χ0v) is 21.1.